The lowest BCUT2D eigenvalue weighted by Gasteiger charge is -1.92. The summed E-state index contributed by atoms with van der Waals surface area (Å²) in [6, 6.07) is 22.3. The van der Waals surface area contributed by atoms with Crippen LogP contribution in [-0.4, -0.2) is 9.97 Å². The van der Waals surface area contributed by atoms with Crippen LogP contribution in [0, 0.1) is 0 Å². The zero-order valence-electron chi connectivity index (χ0n) is 11.4. The third-order valence-corrected chi connectivity index (χ3v) is 4.05. The molecule has 3 aromatic heterocycles. The van der Waals surface area contributed by atoms with Gasteiger partial charge in [-0.3, -0.25) is 9.97 Å². The number of aromatic nitrogens is 2. The first-order valence-electron chi connectivity index (χ1n) is 6.68. The highest BCUT2D eigenvalue weighted by Crippen LogP contribution is 2.31. The van der Waals surface area contributed by atoms with Crippen molar-refractivity contribution < 1.29 is 0 Å². The number of hydrogen-bond donors (Lipinski definition) is 0. The topological polar surface area (TPSA) is 25.8 Å². The Balaban J connectivity index is 0.000000186. The third-order valence-electron chi connectivity index (χ3n) is 2.91. The first kappa shape index (κ1) is 13.5. The van der Waals surface area contributed by atoms with Gasteiger partial charge in [0.05, 0.1) is 10.6 Å². The predicted octanol–water partition coefficient (Wildman–Crippen LogP) is 5.04. The Morgan fingerprint density at radius 2 is 1.48 bits per heavy atom. The van der Waals surface area contributed by atoms with Gasteiger partial charge < -0.3 is 0 Å². The van der Waals surface area contributed by atoms with Crippen LogP contribution < -0.4 is 0 Å². The van der Waals surface area contributed by atoms with E-state index in [1.165, 1.54) is 15.0 Å². The van der Waals surface area contributed by atoms with Gasteiger partial charge in [-0.2, -0.15) is 0 Å². The average Bonchev–Trinajstić information content (AvgIpc) is 3.02. The lowest BCUT2D eigenvalue weighted by Crippen LogP contribution is -1.75. The van der Waals surface area contributed by atoms with Gasteiger partial charge in [0.1, 0.15) is 0 Å². The summed E-state index contributed by atoms with van der Waals surface area (Å²) in [5, 5.41) is 1.29. The summed E-state index contributed by atoms with van der Waals surface area (Å²) in [5.41, 5.74) is 1.05. The van der Waals surface area contributed by atoms with Crippen molar-refractivity contribution in [2.24, 2.45) is 0 Å². The van der Waals surface area contributed by atoms with Gasteiger partial charge in [0.2, 0.25) is 0 Å². The van der Waals surface area contributed by atoms with Crippen LogP contribution in [0.3, 0.4) is 0 Å². The van der Waals surface area contributed by atoms with Crippen molar-refractivity contribution in [3.8, 4) is 10.6 Å². The van der Waals surface area contributed by atoms with E-state index in [-0.39, 0.29) is 0 Å². The van der Waals surface area contributed by atoms with Gasteiger partial charge in [0.15, 0.2) is 0 Å². The van der Waals surface area contributed by atoms with Crippen LogP contribution in [0.2, 0.25) is 0 Å². The Bertz CT molecular complexity index is 735. The van der Waals surface area contributed by atoms with Crippen LogP contribution in [0.25, 0.3) is 20.7 Å². The van der Waals surface area contributed by atoms with Crippen LogP contribution >= 0.6 is 11.3 Å². The third kappa shape index (κ3) is 3.52. The molecule has 0 N–H and O–H groups in total. The van der Waals surface area contributed by atoms with Gasteiger partial charge in [0, 0.05) is 23.3 Å². The van der Waals surface area contributed by atoms with Crippen molar-refractivity contribution in [1.29, 1.82) is 0 Å². The number of rotatable bonds is 1. The smallest absolute Gasteiger partial charge is 0.0802 e. The first-order valence-corrected chi connectivity index (χ1v) is 7.50. The molecule has 0 bridgehead atoms. The molecule has 0 unspecified atom stereocenters. The van der Waals surface area contributed by atoms with E-state index >= 15 is 0 Å². The van der Waals surface area contributed by atoms with Crippen molar-refractivity contribution in [2.75, 3.05) is 0 Å². The standard InChI is InChI=1S/C13H9NS.C5H5N/c1-2-7-12-10(5-1)9-13(15-12)11-6-3-4-8-14-11;1-2-4-6-5-3-1/h1-9H;1-5H. The van der Waals surface area contributed by atoms with Crippen LogP contribution in [0.1, 0.15) is 0 Å². The molecular formula is C18H14N2S. The van der Waals surface area contributed by atoms with E-state index in [0.717, 1.165) is 5.69 Å². The maximum atomic E-state index is 4.35. The zero-order valence-corrected chi connectivity index (χ0v) is 12.2. The fourth-order valence-corrected chi connectivity index (χ4v) is 2.97. The monoisotopic (exact) mass is 290 g/mol. The number of pyridine rings is 2. The second kappa shape index (κ2) is 6.77. The van der Waals surface area contributed by atoms with Gasteiger partial charge in [-0.15, -0.1) is 11.3 Å². The van der Waals surface area contributed by atoms with Crippen molar-refractivity contribution in [3.63, 3.8) is 0 Å². The Labute approximate surface area is 127 Å². The fraction of sp³-hybridized carbons (Fsp3) is 0. The molecule has 0 fully saturated rings. The first-order chi connectivity index (χ1) is 10.4. The maximum Gasteiger partial charge on any atom is 0.0802 e. The minimum absolute atomic E-state index is 1.05. The molecule has 4 rings (SSSR count). The van der Waals surface area contributed by atoms with E-state index in [0.29, 0.717) is 0 Å². The summed E-state index contributed by atoms with van der Waals surface area (Å²) in [6.07, 6.45) is 5.33. The van der Waals surface area contributed by atoms with Crippen molar-refractivity contribution in [3.05, 3.63) is 85.3 Å². The molecule has 0 aliphatic rings. The SMILES string of the molecule is c1ccc(-c2cc3ccccc3s2)nc1.c1ccncc1. The predicted molar refractivity (Wildman–Crippen MR) is 89.3 cm³/mol. The normalized spacial score (nSPS) is 9.90. The van der Waals surface area contributed by atoms with E-state index < -0.39 is 0 Å². The largest absolute Gasteiger partial charge is 0.265 e. The van der Waals surface area contributed by atoms with E-state index in [1.807, 2.05) is 42.6 Å². The lowest BCUT2D eigenvalue weighted by molar-refractivity contribution is 1.33. The molecule has 0 radical (unpaired) electrons. The van der Waals surface area contributed by atoms with E-state index in [4.69, 9.17) is 0 Å². The molecule has 0 amide bonds. The summed E-state index contributed by atoms with van der Waals surface area (Å²) < 4.78 is 1.32. The minimum Gasteiger partial charge on any atom is -0.265 e. The molecule has 0 atom stereocenters. The van der Waals surface area contributed by atoms with E-state index in [9.17, 15) is 0 Å². The summed E-state index contributed by atoms with van der Waals surface area (Å²) in [5.74, 6) is 0. The Morgan fingerprint density at radius 1 is 0.714 bits per heavy atom. The Kier molecular flexibility index (Phi) is 4.34. The number of benzene rings is 1. The molecule has 102 valence electrons. The Morgan fingerprint density at radius 3 is 2.10 bits per heavy atom. The van der Waals surface area contributed by atoms with Gasteiger partial charge in [-0.05, 0) is 41.8 Å². The summed E-state index contributed by atoms with van der Waals surface area (Å²) in [7, 11) is 0. The second-order valence-electron chi connectivity index (χ2n) is 4.39. The van der Waals surface area contributed by atoms with Crippen molar-refractivity contribution in [2.45, 2.75) is 0 Å². The molecule has 3 heteroatoms. The number of thiophene rings is 1. The number of hydrogen-bond acceptors (Lipinski definition) is 3. The highest BCUT2D eigenvalue weighted by atomic mass is 32.1. The number of fused-ring (bicyclic) bond motifs is 1. The van der Waals surface area contributed by atoms with Gasteiger partial charge in [-0.1, -0.05) is 30.3 Å². The molecule has 0 aliphatic heterocycles. The zero-order chi connectivity index (χ0) is 14.3. The molecular weight excluding hydrogens is 276 g/mol. The van der Waals surface area contributed by atoms with Crippen LogP contribution in [0.15, 0.2) is 85.3 Å². The quantitative estimate of drug-likeness (QED) is 0.490. The number of nitrogens with zero attached hydrogens (tertiary/aromatic N) is 2. The molecule has 3 heterocycles. The highest BCUT2D eigenvalue weighted by Gasteiger charge is 2.03. The summed E-state index contributed by atoms with van der Waals surface area (Å²) >= 11 is 1.79. The minimum atomic E-state index is 1.05. The van der Waals surface area contributed by atoms with Gasteiger partial charge >= 0.3 is 0 Å². The van der Waals surface area contributed by atoms with Gasteiger partial charge in [0.25, 0.3) is 0 Å². The fourth-order valence-electron chi connectivity index (χ4n) is 1.93. The molecule has 2 nitrogen and oxygen atoms in total. The molecule has 0 spiro atoms. The molecule has 1 aromatic carbocycles. The summed E-state index contributed by atoms with van der Waals surface area (Å²) in [6.45, 7) is 0. The highest BCUT2D eigenvalue weighted by molar-refractivity contribution is 7.22. The lowest BCUT2D eigenvalue weighted by atomic mass is 10.2. The van der Waals surface area contributed by atoms with E-state index in [1.54, 1.807) is 23.7 Å². The molecule has 0 aliphatic carbocycles. The van der Waals surface area contributed by atoms with Crippen LogP contribution in [-0.2, 0) is 0 Å². The molecule has 0 saturated carbocycles. The maximum absolute atomic E-state index is 4.35. The van der Waals surface area contributed by atoms with Crippen LogP contribution in [0.5, 0.6) is 0 Å². The second-order valence-corrected chi connectivity index (χ2v) is 5.47. The molecule has 4 aromatic rings. The average molecular weight is 290 g/mol. The van der Waals surface area contributed by atoms with Gasteiger partial charge in [-0.25, -0.2) is 0 Å². The van der Waals surface area contributed by atoms with Crippen LogP contribution in [0.4, 0.5) is 0 Å². The van der Waals surface area contributed by atoms with E-state index in [2.05, 4.69) is 40.3 Å². The Hall–Kier alpha value is -2.52. The molecule has 21 heavy (non-hydrogen) atoms. The van der Waals surface area contributed by atoms with Crippen molar-refractivity contribution in [1.82, 2.24) is 9.97 Å². The summed E-state index contributed by atoms with van der Waals surface area (Å²) in [4.78, 5) is 9.37. The molecule has 0 saturated heterocycles. The van der Waals surface area contributed by atoms with Crippen molar-refractivity contribution >= 4 is 21.4 Å².